The summed E-state index contributed by atoms with van der Waals surface area (Å²) < 4.78 is 2.32. The van der Waals surface area contributed by atoms with Crippen LogP contribution in [-0.2, 0) is 0 Å². The molecule has 1 aromatic heterocycles. The first-order chi connectivity index (χ1) is 20.2. The quantitative estimate of drug-likeness (QED) is 0.169. The lowest BCUT2D eigenvalue weighted by atomic mass is 10.1. The van der Waals surface area contributed by atoms with E-state index < -0.39 is 0 Å². The second kappa shape index (κ2) is 13.1. The first-order valence-electron chi connectivity index (χ1n) is 14.5. The summed E-state index contributed by atoms with van der Waals surface area (Å²) in [5.41, 5.74) is 7.11. The number of para-hydroxylation sites is 3. The molecule has 4 heteroatoms. The van der Waals surface area contributed by atoms with Crippen molar-refractivity contribution in [1.82, 2.24) is 9.55 Å². The SMILES string of the molecule is CC.CN=C(c1ccccc1)N(c1ccccc1)c1ccccc1.Cc1nc2c(n1-c1ccccc1)C1CC1C=C2. The molecule has 0 aliphatic heterocycles. The van der Waals surface area contributed by atoms with Crippen molar-refractivity contribution < 1.29 is 0 Å². The number of aromatic nitrogens is 2. The highest BCUT2D eigenvalue weighted by molar-refractivity contribution is 6.14. The Hall–Kier alpha value is -4.70. The van der Waals surface area contributed by atoms with Crippen LogP contribution in [0.5, 0.6) is 0 Å². The van der Waals surface area contributed by atoms with Crippen molar-refractivity contribution in [3.05, 3.63) is 150 Å². The van der Waals surface area contributed by atoms with Crippen LogP contribution in [0.2, 0.25) is 0 Å². The maximum atomic E-state index is 4.68. The van der Waals surface area contributed by atoms with Gasteiger partial charge < -0.3 is 4.57 Å². The lowest BCUT2D eigenvalue weighted by Crippen LogP contribution is -2.26. The predicted molar refractivity (Wildman–Crippen MR) is 173 cm³/mol. The van der Waals surface area contributed by atoms with E-state index in [1.54, 1.807) is 0 Å². The van der Waals surface area contributed by atoms with E-state index in [0.29, 0.717) is 5.92 Å². The van der Waals surface area contributed by atoms with E-state index in [1.165, 1.54) is 23.5 Å². The van der Waals surface area contributed by atoms with Crippen LogP contribution in [-0.4, -0.2) is 22.4 Å². The second-order valence-electron chi connectivity index (χ2n) is 9.89. The number of anilines is 2. The Balaban J connectivity index is 0.000000159. The number of imidazole rings is 1. The molecule has 0 spiro atoms. The number of amidine groups is 1. The van der Waals surface area contributed by atoms with Gasteiger partial charge in [-0.25, -0.2) is 4.98 Å². The molecule has 2 aliphatic rings. The Labute approximate surface area is 244 Å². The normalized spacial score (nSPS) is 16.2. The van der Waals surface area contributed by atoms with Crippen LogP contribution in [0.1, 0.15) is 49.0 Å². The molecule has 7 rings (SSSR count). The van der Waals surface area contributed by atoms with Crippen molar-refractivity contribution in [2.45, 2.75) is 33.1 Å². The number of aliphatic imine (C=N–C) groups is 1. The standard InChI is InChI=1S/C20H18N2.C15H14N2.C2H6/c1-21-20(17-11-5-2-6-12-17)22(18-13-7-3-8-14-18)19-15-9-4-10-16-19;1-10-16-14-8-7-11-9-13(11)15(14)17(10)12-5-3-2-4-6-12;1-2/h2-16H,1H3;2-8,11,13H,9H2,1H3;1-2H3. The van der Waals surface area contributed by atoms with Gasteiger partial charge in [-0.3, -0.25) is 9.89 Å². The van der Waals surface area contributed by atoms with Crippen molar-refractivity contribution in [3.8, 4) is 5.69 Å². The fraction of sp³-hybridized carbons (Fsp3) is 0.189. The van der Waals surface area contributed by atoms with Gasteiger partial charge in [-0.15, -0.1) is 0 Å². The summed E-state index contributed by atoms with van der Waals surface area (Å²) in [5, 5.41) is 0. The highest BCUT2D eigenvalue weighted by Gasteiger charge is 2.43. The van der Waals surface area contributed by atoms with E-state index in [4.69, 9.17) is 0 Å². The zero-order valence-electron chi connectivity index (χ0n) is 24.4. The Morgan fingerprint density at radius 1 is 0.756 bits per heavy atom. The lowest BCUT2D eigenvalue weighted by molar-refractivity contribution is 0.858. The summed E-state index contributed by atoms with van der Waals surface area (Å²) in [5.74, 6) is 3.49. The summed E-state index contributed by atoms with van der Waals surface area (Å²) in [7, 11) is 1.83. The minimum Gasteiger partial charge on any atom is -0.300 e. The van der Waals surface area contributed by atoms with Gasteiger partial charge in [0.25, 0.3) is 0 Å². The number of rotatable bonds is 4. The Morgan fingerprint density at radius 3 is 1.80 bits per heavy atom. The largest absolute Gasteiger partial charge is 0.300 e. The van der Waals surface area contributed by atoms with Gasteiger partial charge in [-0.05, 0) is 61.7 Å². The minimum absolute atomic E-state index is 0.705. The third-order valence-corrected chi connectivity index (χ3v) is 7.30. The molecule has 2 atom stereocenters. The highest BCUT2D eigenvalue weighted by atomic mass is 15.2. The number of allylic oxidation sites excluding steroid dienone is 1. The summed E-state index contributed by atoms with van der Waals surface area (Å²) in [6.07, 6.45) is 5.80. The van der Waals surface area contributed by atoms with Gasteiger partial charge in [0.2, 0.25) is 0 Å². The molecular formula is C37H38N4. The van der Waals surface area contributed by atoms with Crippen molar-refractivity contribution in [2.24, 2.45) is 10.9 Å². The number of benzene rings is 4. The number of hydrogen-bond donors (Lipinski definition) is 0. The molecule has 41 heavy (non-hydrogen) atoms. The molecule has 0 amide bonds. The van der Waals surface area contributed by atoms with Crippen molar-refractivity contribution in [3.63, 3.8) is 0 Å². The monoisotopic (exact) mass is 538 g/mol. The van der Waals surface area contributed by atoms with Crippen molar-refractivity contribution >= 4 is 23.3 Å². The van der Waals surface area contributed by atoms with Crippen LogP contribution < -0.4 is 4.90 Å². The molecule has 2 unspecified atom stereocenters. The zero-order valence-corrected chi connectivity index (χ0v) is 24.4. The smallest absolute Gasteiger partial charge is 0.139 e. The van der Waals surface area contributed by atoms with Crippen molar-refractivity contribution in [1.29, 1.82) is 0 Å². The molecule has 2 aliphatic carbocycles. The van der Waals surface area contributed by atoms with Crippen LogP contribution in [0.25, 0.3) is 11.8 Å². The van der Waals surface area contributed by atoms with Crippen molar-refractivity contribution in [2.75, 3.05) is 11.9 Å². The molecule has 0 saturated heterocycles. The second-order valence-corrected chi connectivity index (χ2v) is 9.89. The predicted octanol–water partition coefficient (Wildman–Crippen LogP) is 9.24. The molecular weight excluding hydrogens is 500 g/mol. The number of aryl methyl sites for hydroxylation is 1. The molecule has 4 nitrogen and oxygen atoms in total. The number of hydrogen-bond acceptors (Lipinski definition) is 2. The van der Waals surface area contributed by atoms with Gasteiger partial charge in [0.1, 0.15) is 11.7 Å². The fourth-order valence-corrected chi connectivity index (χ4v) is 5.40. The molecule has 5 aromatic rings. The fourth-order valence-electron chi connectivity index (χ4n) is 5.40. The molecule has 206 valence electrons. The summed E-state index contributed by atoms with van der Waals surface area (Å²) in [4.78, 5) is 11.4. The van der Waals surface area contributed by atoms with Crippen LogP contribution in [0.15, 0.2) is 132 Å². The van der Waals surface area contributed by atoms with Crippen LogP contribution in [0.4, 0.5) is 11.4 Å². The highest BCUT2D eigenvalue weighted by Crippen LogP contribution is 2.53. The van der Waals surface area contributed by atoms with E-state index in [2.05, 4.69) is 105 Å². The van der Waals surface area contributed by atoms with E-state index in [-0.39, 0.29) is 0 Å². The van der Waals surface area contributed by atoms with Gasteiger partial charge in [0, 0.05) is 35.6 Å². The Morgan fingerprint density at radius 2 is 1.27 bits per heavy atom. The average molecular weight is 539 g/mol. The first-order valence-corrected chi connectivity index (χ1v) is 14.5. The third kappa shape index (κ3) is 6.07. The van der Waals surface area contributed by atoms with E-state index in [0.717, 1.165) is 34.5 Å². The van der Waals surface area contributed by atoms with Gasteiger partial charge in [0.15, 0.2) is 0 Å². The summed E-state index contributed by atoms with van der Waals surface area (Å²) in [6.45, 7) is 6.09. The van der Waals surface area contributed by atoms with Gasteiger partial charge in [-0.2, -0.15) is 0 Å². The number of fused-ring (bicyclic) bond motifs is 3. The van der Waals surface area contributed by atoms with Gasteiger partial charge >= 0.3 is 0 Å². The van der Waals surface area contributed by atoms with Crippen LogP contribution in [0.3, 0.4) is 0 Å². The molecule has 0 N–H and O–H groups in total. The van der Waals surface area contributed by atoms with Gasteiger partial charge in [0.05, 0.1) is 11.4 Å². The van der Waals surface area contributed by atoms with Gasteiger partial charge in [-0.1, -0.05) is 105 Å². The molecule has 1 saturated carbocycles. The Kier molecular flexibility index (Phi) is 8.90. The maximum Gasteiger partial charge on any atom is 0.139 e. The third-order valence-electron chi connectivity index (χ3n) is 7.30. The Bertz CT molecular complexity index is 1550. The molecule has 4 aromatic carbocycles. The van der Waals surface area contributed by atoms with E-state index in [9.17, 15) is 0 Å². The molecule has 1 fully saturated rings. The lowest BCUT2D eigenvalue weighted by Gasteiger charge is -2.26. The summed E-state index contributed by atoms with van der Waals surface area (Å²) >= 11 is 0. The van der Waals surface area contributed by atoms with E-state index in [1.807, 2.05) is 75.5 Å². The van der Waals surface area contributed by atoms with Crippen LogP contribution >= 0.6 is 0 Å². The first kappa shape index (κ1) is 27.9. The van der Waals surface area contributed by atoms with E-state index >= 15 is 0 Å². The summed E-state index contributed by atoms with van der Waals surface area (Å²) in [6, 6.07) is 41.4. The maximum absolute atomic E-state index is 4.68. The number of nitrogens with zero attached hydrogens (tertiary/aromatic N) is 4. The zero-order chi connectivity index (χ0) is 28.6. The topological polar surface area (TPSA) is 33.4 Å². The average Bonchev–Trinajstić information content (AvgIpc) is 3.76. The molecule has 0 bridgehead atoms. The van der Waals surface area contributed by atoms with Crippen LogP contribution in [0, 0.1) is 12.8 Å². The molecule has 1 heterocycles. The minimum atomic E-state index is 0.705. The molecule has 0 radical (unpaired) electrons.